The molecule has 0 aromatic heterocycles. The van der Waals surface area contributed by atoms with Crippen molar-refractivity contribution in [1.82, 2.24) is 4.90 Å². The Morgan fingerprint density at radius 1 is 1.00 bits per heavy atom. The molecule has 158 valence electrons. The predicted octanol–water partition coefficient (Wildman–Crippen LogP) is 5.01. The average Bonchev–Trinajstić information content (AvgIpc) is 2.78. The lowest BCUT2D eigenvalue weighted by atomic mass is 9.98. The van der Waals surface area contributed by atoms with Crippen molar-refractivity contribution < 1.29 is 19.4 Å². The van der Waals surface area contributed by atoms with E-state index in [9.17, 15) is 14.7 Å². The molecule has 1 N–H and O–H groups in total. The molecule has 0 atom stereocenters. The van der Waals surface area contributed by atoms with Crippen LogP contribution in [0.2, 0.25) is 0 Å². The Balaban J connectivity index is 1.51. The zero-order valence-corrected chi connectivity index (χ0v) is 17.7. The monoisotopic (exact) mass is 415 g/mol. The highest BCUT2D eigenvalue weighted by Gasteiger charge is 2.29. The van der Waals surface area contributed by atoms with Crippen LogP contribution < -0.4 is 4.74 Å². The lowest BCUT2D eigenvalue weighted by molar-refractivity contribution is -0.152. The second-order valence-corrected chi connectivity index (χ2v) is 8.20. The first kappa shape index (κ1) is 20.7. The maximum absolute atomic E-state index is 13.2. The van der Waals surface area contributed by atoms with Crippen LogP contribution in [0.3, 0.4) is 0 Å². The quantitative estimate of drug-likeness (QED) is 0.636. The van der Waals surface area contributed by atoms with E-state index in [0.29, 0.717) is 18.8 Å². The predicted molar refractivity (Wildman–Crippen MR) is 121 cm³/mol. The van der Waals surface area contributed by atoms with E-state index in [0.717, 1.165) is 33.9 Å². The Labute approximate surface area is 181 Å². The van der Waals surface area contributed by atoms with Crippen molar-refractivity contribution in [3.05, 3.63) is 83.9 Å². The molecule has 5 heteroatoms. The summed E-state index contributed by atoms with van der Waals surface area (Å²) in [5, 5.41) is 11.3. The van der Waals surface area contributed by atoms with Crippen molar-refractivity contribution in [2.75, 3.05) is 13.1 Å². The number of fused-ring (bicyclic) bond motifs is 1. The van der Waals surface area contributed by atoms with Gasteiger partial charge in [-0.1, -0.05) is 54.6 Å². The molecule has 1 aliphatic rings. The Bertz CT molecular complexity index is 1170. The van der Waals surface area contributed by atoms with E-state index in [4.69, 9.17) is 4.74 Å². The maximum atomic E-state index is 13.2. The summed E-state index contributed by atoms with van der Waals surface area (Å²) in [4.78, 5) is 26.3. The second-order valence-electron chi connectivity index (χ2n) is 8.20. The van der Waals surface area contributed by atoms with Gasteiger partial charge >= 0.3 is 5.97 Å². The van der Waals surface area contributed by atoms with Crippen molar-refractivity contribution in [3.63, 3.8) is 0 Å². The lowest BCUT2D eigenvalue weighted by Gasteiger charge is -2.27. The summed E-state index contributed by atoms with van der Waals surface area (Å²) in [6, 6.07) is 21.2. The minimum atomic E-state index is -1.30. The van der Waals surface area contributed by atoms with Crippen LogP contribution in [-0.2, 0) is 4.79 Å². The Morgan fingerprint density at radius 2 is 1.74 bits per heavy atom. The molecule has 0 aliphatic carbocycles. The molecule has 4 rings (SSSR count). The highest BCUT2D eigenvalue weighted by molar-refractivity contribution is 6.07. The standard InChI is InChI=1S/C26H25NO4/c1-26(2,25(29)30)31-21-10-5-9-20(17-21)18-13-15-27(16-14-18)24(28)23-12-6-8-19-7-3-4-11-22(19)23/h3-13,17H,14-16H2,1-2H3,(H,29,30). The van der Waals surface area contributed by atoms with E-state index in [1.165, 1.54) is 13.8 Å². The maximum Gasteiger partial charge on any atom is 0.347 e. The minimum Gasteiger partial charge on any atom is -0.478 e. The molecule has 3 aromatic carbocycles. The van der Waals surface area contributed by atoms with Crippen LogP contribution >= 0.6 is 0 Å². The third-order valence-electron chi connectivity index (χ3n) is 5.61. The van der Waals surface area contributed by atoms with Gasteiger partial charge in [0.25, 0.3) is 5.91 Å². The van der Waals surface area contributed by atoms with Gasteiger partial charge in [0.15, 0.2) is 5.60 Å². The molecule has 5 nitrogen and oxygen atoms in total. The fraction of sp³-hybridized carbons (Fsp3) is 0.231. The molecule has 0 unspecified atom stereocenters. The zero-order chi connectivity index (χ0) is 22.0. The SMILES string of the molecule is CC(C)(Oc1cccc(C2=CCN(C(=O)c3cccc4ccccc34)CC2)c1)C(=O)O. The van der Waals surface area contributed by atoms with E-state index in [-0.39, 0.29) is 5.91 Å². The van der Waals surface area contributed by atoms with Crippen molar-refractivity contribution in [2.24, 2.45) is 0 Å². The normalized spacial score (nSPS) is 14.3. The number of hydrogen-bond donors (Lipinski definition) is 1. The van der Waals surface area contributed by atoms with Gasteiger partial charge in [-0.3, -0.25) is 4.79 Å². The number of carbonyl (C=O) groups excluding carboxylic acids is 1. The first-order valence-electron chi connectivity index (χ1n) is 10.3. The van der Waals surface area contributed by atoms with Crippen LogP contribution in [-0.4, -0.2) is 40.6 Å². The minimum absolute atomic E-state index is 0.0346. The van der Waals surface area contributed by atoms with Crippen molar-refractivity contribution in [1.29, 1.82) is 0 Å². The van der Waals surface area contributed by atoms with Gasteiger partial charge in [-0.15, -0.1) is 0 Å². The van der Waals surface area contributed by atoms with Crippen molar-refractivity contribution in [2.45, 2.75) is 25.9 Å². The number of amides is 1. The molecule has 0 radical (unpaired) electrons. The van der Waals surface area contributed by atoms with E-state index < -0.39 is 11.6 Å². The van der Waals surface area contributed by atoms with Crippen molar-refractivity contribution in [3.8, 4) is 5.75 Å². The molecule has 0 bridgehead atoms. The summed E-state index contributed by atoms with van der Waals surface area (Å²) in [6.45, 7) is 4.21. The van der Waals surface area contributed by atoms with Gasteiger partial charge in [-0.2, -0.15) is 0 Å². The highest BCUT2D eigenvalue weighted by Crippen LogP contribution is 2.28. The highest BCUT2D eigenvalue weighted by atomic mass is 16.5. The van der Waals surface area contributed by atoms with Gasteiger partial charge in [0.05, 0.1) is 0 Å². The lowest BCUT2D eigenvalue weighted by Crippen LogP contribution is -2.37. The third-order valence-corrected chi connectivity index (χ3v) is 5.61. The molecule has 1 amide bonds. The molecule has 0 fully saturated rings. The number of carboxylic acids is 1. The summed E-state index contributed by atoms with van der Waals surface area (Å²) < 4.78 is 5.66. The smallest absolute Gasteiger partial charge is 0.347 e. The van der Waals surface area contributed by atoms with Gasteiger partial charge in [-0.05, 0) is 60.4 Å². The van der Waals surface area contributed by atoms with Gasteiger partial charge in [0.2, 0.25) is 0 Å². The molecule has 1 heterocycles. The number of carboxylic acid groups (broad SMARTS) is 1. The van der Waals surface area contributed by atoms with E-state index >= 15 is 0 Å². The number of nitrogens with zero attached hydrogens (tertiary/aromatic N) is 1. The Kier molecular flexibility index (Phi) is 5.51. The number of carbonyl (C=O) groups is 2. The van der Waals surface area contributed by atoms with Crippen LogP contribution in [0.25, 0.3) is 16.3 Å². The van der Waals surface area contributed by atoms with Crippen LogP contribution in [0.15, 0.2) is 72.8 Å². The van der Waals surface area contributed by atoms with E-state index in [1.807, 2.05) is 65.6 Å². The van der Waals surface area contributed by atoms with E-state index in [2.05, 4.69) is 6.08 Å². The Hall–Kier alpha value is -3.60. The summed E-state index contributed by atoms with van der Waals surface area (Å²) in [6.07, 6.45) is 2.79. The van der Waals surface area contributed by atoms with Crippen molar-refractivity contribution >= 4 is 28.2 Å². The molecule has 1 aliphatic heterocycles. The summed E-state index contributed by atoms with van der Waals surface area (Å²) in [5.41, 5.74) is 1.53. The second kappa shape index (κ2) is 8.26. The fourth-order valence-electron chi connectivity index (χ4n) is 3.80. The largest absolute Gasteiger partial charge is 0.478 e. The fourth-order valence-corrected chi connectivity index (χ4v) is 3.80. The number of ether oxygens (including phenoxy) is 1. The average molecular weight is 415 g/mol. The Morgan fingerprint density at radius 3 is 2.48 bits per heavy atom. The first-order chi connectivity index (χ1) is 14.8. The number of hydrogen-bond acceptors (Lipinski definition) is 3. The summed E-state index contributed by atoms with van der Waals surface area (Å²) in [5.74, 6) is -0.468. The summed E-state index contributed by atoms with van der Waals surface area (Å²) in [7, 11) is 0. The van der Waals surface area contributed by atoms with Gasteiger partial charge in [0.1, 0.15) is 5.75 Å². The molecule has 0 saturated heterocycles. The van der Waals surface area contributed by atoms with E-state index in [1.54, 1.807) is 6.07 Å². The molecule has 3 aromatic rings. The van der Waals surface area contributed by atoms with Crippen LogP contribution in [0.5, 0.6) is 5.75 Å². The molecular weight excluding hydrogens is 390 g/mol. The molecule has 0 saturated carbocycles. The third kappa shape index (κ3) is 4.31. The number of aliphatic carboxylic acids is 1. The number of rotatable bonds is 5. The molecular formula is C26H25NO4. The van der Waals surface area contributed by atoms with Gasteiger partial charge < -0.3 is 14.7 Å². The molecule has 0 spiro atoms. The molecule has 31 heavy (non-hydrogen) atoms. The summed E-state index contributed by atoms with van der Waals surface area (Å²) >= 11 is 0. The zero-order valence-electron chi connectivity index (χ0n) is 17.7. The topological polar surface area (TPSA) is 66.8 Å². The van der Waals surface area contributed by atoms with Gasteiger partial charge in [-0.25, -0.2) is 4.79 Å². The van der Waals surface area contributed by atoms with Crippen LogP contribution in [0.1, 0.15) is 36.2 Å². The number of benzene rings is 3. The van der Waals surface area contributed by atoms with Crippen LogP contribution in [0.4, 0.5) is 0 Å². The first-order valence-corrected chi connectivity index (χ1v) is 10.3. The van der Waals surface area contributed by atoms with Gasteiger partial charge in [0, 0.05) is 18.7 Å². The van der Waals surface area contributed by atoms with Crippen LogP contribution in [0, 0.1) is 0 Å².